The number of fused-ring (bicyclic) bond motifs is 1. The van der Waals surface area contributed by atoms with Gasteiger partial charge in [0.1, 0.15) is 0 Å². The van der Waals surface area contributed by atoms with Gasteiger partial charge in [-0.15, -0.1) is 0 Å². The number of hydrogen-bond donors (Lipinski definition) is 0. The van der Waals surface area contributed by atoms with E-state index in [1.54, 1.807) is 6.07 Å². The van der Waals surface area contributed by atoms with Crippen LogP contribution in [-0.2, 0) is 11.3 Å². The molecule has 3 aromatic rings. The van der Waals surface area contributed by atoms with E-state index in [4.69, 9.17) is 16.3 Å². The molecular weight excluding hydrogens is 334 g/mol. The Bertz CT molecular complexity index is 913. The number of hydrogen-bond acceptors (Lipinski definition) is 2. The number of esters is 1. The second-order valence-corrected chi connectivity index (χ2v) is 6.80. The molecule has 4 heteroatoms. The predicted molar refractivity (Wildman–Crippen MR) is 103 cm³/mol. The molecule has 0 saturated carbocycles. The summed E-state index contributed by atoms with van der Waals surface area (Å²) in [5, 5.41) is 1.89. The molecule has 3 rings (SSSR count). The Morgan fingerprint density at radius 3 is 2.72 bits per heavy atom. The van der Waals surface area contributed by atoms with Crippen LogP contribution in [0.3, 0.4) is 0 Å². The van der Waals surface area contributed by atoms with Crippen LogP contribution in [0.2, 0.25) is 5.02 Å². The van der Waals surface area contributed by atoms with Crippen molar-refractivity contribution in [1.82, 2.24) is 4.57 Å². The van der Waals surface area contributed by atoms with Crippen molar-refractivity contribution < 1.29 is 9.53 Å². The van der Waals surface area contributed by atoms with Crippen molar-refractivity contribution in [2.75, 3.05) is 7.11 Å². The number of halogens is 1. The second kappa shape index (κ2) is 7.32. The first-order valence-electron chi connectivity index (χ1n) is 8.49. The molecule has 0 fully saturated rings. The molecule has 0 aliphatic heterocycles. The highest BCUT2D eigenvalue weighted by atomic mass is 35.5. The molecule has 0 aliphatic carbocycles. The van der Waals surface area contributed by atoms with Gasteiger partial charge in [-0.1, -0.05) is 37.6 Å². The van der Waals surface area contributed by atoms with E-state index >= 15 is 0 Å². The predicted octanol–water partition coefficient (Wildman–Crippen LogP) is 5.64. The average Bonchev–Trinajstić information content (AvgIpc) is 2.98. The van der Waals surface area contributed by atoms with Gasteiger partial charge in [0.15, 0.2) is 0 Å². The standard InChI is InChI=1S/C21H22ClNO2/c1-4-14(2)20-12-17-11-18(22)8-9-19(17)23(20)13-15-6-5-7-16(10-15)21(24)25-3/h5-12,14H,4,13H2,1-3H3. The van der Waals surface area contributed by atoms with Crippen LogP contribution in [0.1, 0.15) is 47.8 Å². The Kier molecular flexibility index (Phi) is 5.14. The average molecular weight is 356 g/mol. The van der Waals surface area contributed by atoms with E-state index in [0.29, 0.717) is 18.0 Å². The summed E-state index contributed by atoms with van der Waals surface area (Å²) in [6, 6.07) is 15.8. The van der Waals surface area contributed by atoms with Crippen LogP contribution >= 0.6 is 11.6 Å². The lowest BCUT2D eigenvalue weighted by molar-refractivity contribution is 0.0600. The minimum Gasteiger partial charge on any atom is -0.465 e. The van der Waals surface area contributed by atoms with Crippen LogP contribution in [0.25, 0.3) is 10.9 Å². The third-order valence-electron chi connectivity index (χ3n) is 4.70. The summed E-state index contributed by atoms with van der Waals surface area (Å²) >= 11 is 6.16. The van der Waals surface area contributed by atoms with Gasteiger partial charge in [0, 0.05) is 28.2 Å². The van der Waals surface area contributed by atoms with Crippen LogP contribution in [0.15, 0.2) is 48.5 Å². The van der Waals surface area contributed by atoms with Gasteiger partial charge in [-0.3, -0.25) is 0 Å². The Morgan fingerprint density at radius 1 is 1.20 bits per heavy atom. The lowest BCUT2D eigenvalue weighted by Gasteiger charge is -2.15. The maximum Gasteiger partial charge on any atom is 0.337 e. The van der Waals surface area contributed by atoms with E-state index < -0.39 is 0 Å². The monoisotopic (exact) mass is 355 g/mol. The first-order chi connectivity index (χ1) is 12.0. The molecule has 0 spiro atoms. The fraction of sp³-hybridized carbons (Fsp3) is 0.286. The van der Waals surface area contributed by atoms with Crippen molar-refractivity contribution in [2.24, 2.45) is 0 Å². The third kappa shape index (κ3) is 3.57. The minimum atomic E-state index is -0.312. The van der Waals surface area contributed by atoms with Gasteiger partial charge in [-0.25, -0.2) is 4.79 Å². The highest BCUT2D eigenvalue weighted by Crippen LogP contribution is 2.30. The van der Waals surface area contributed by atoms with Crippen molar-refractivity contribution in [3.63, 3.8) is 0 Å². The number of nitrogens with zero attached hydrogens (tertiary/aromatic N) is 1. The van der Waals surface area contributed by atoms with Gasteiger partial charge in [0.05, 0.1) is 12.7 Å². The first kappa shape index (κ1) is 17.6. The van der Waals surface area contributed by atoms with Crippen LogP contribution in [0.5, 0.6) is 0 Å². The number of carbonyl (C=O) groups is 1. The molecule has 0 radical (unpaired) electrons. The molecule has 1 heterocycles. The van der Waals surface area contributed by atoms with Gasteiger partial charge >= 0.3 is 5.97 Å². The summed E-state index contributed by atoms with van der Waals surface area (Å²) in [5.74, 6) is 0.128. The molecule has 0 amide bonds. The van der Waals surface area contributed by atoms with Gasteiger partial charge in [0.2, 0.25) is 0 Å². The molecule has 0 aliphatic rings. The molecule has 0 bridgehead atoms. The van der Waals surface area contributed by atoms with E-state index in [0.717, 1.165) is 27.9 Å². The number of carbonyl (C=O) groups excluding carboxylic acids is 1. The van der Waals surface area contributed by atoms with Gasteiger partial charge in [-0.05, 0) is 54.3 Å². The molecule has 2 aromatic carbocycles. The van der Waals surface area contributed by atoms with Crippen molar-refractivity contribution in [2.45, 2.75) is 32.7 Å². The van der Waals surface area contributed by atoms with E-state index in [1.807, 2.05) is 30.3 Å². The number of methoxy groups -OCH3 is 1. The highest BCUT2D eigenvalue weighted by Gasteiger charge is 2.15. The van der Waals surface area contributed by atoms with E-state index in [2.05, 4.69) is 30.5 Å². The van der Waals surface area contributed by atoms with Crippen LogP contribution in [0, 0.1) is 0 Å². The zero-order chi connectivity index (χ0) is 18.0. The zero-order valence-electron chi connectivity index (χ0n) is 14.8. The molecule has 130 valence electrons. The first-order valence-corrected chi connectivity index (χ1v) is 8.87. The smallest absolute Gasteiger partial charge is 0.337 e. The molecule has 0 N–H and O–H groups in total. The Labute approximate surface area is 153 Å². The summed E-state index contributed by atoms with van der Waals surface area (Å²) < 4.78 is 7.14. The van der Waals surface area contributed by atoms with Crippen molar-refractivity contribution in [3.8, 4) is 0 Å². The maximum absolute atomic E-state index is 11.8. The minimum absolute atomic E-state index is 0.312. The van der Waals surface area contributed by atoms with Crippen molar-refractivity contribution >= 4 is 28.5 Å². The number of aromatic nitrogens is 1. The fourth-order valence-corrected chi connectivity index (χ4v) is 3.33. The van der Waals surface area contributed by atoms with Crippen molar-refractivity contribution in [3.05, 3.63) is 70.4 Å². The Morgan fingerprint density at radius 2 is 2.00 bits per heavy atom. The summed E-state index contributed by atoms with van der Waals surface area (Å²) in [6.45, 7) is 5.13. The lowest BCUT2D eigenvalue weighted by atomic mass is 10.0. The van der Waals surface area contributed by atoms with Crippen molar-refractivity contribution in [1.29, 1.82) is 0 Å². The number of rotatable bonds is 5. The quantitative estimate of drug-likeness (QED) is 0.554. The van der Waals surface area contributed by atoms with Crippen LogP contribution in [-0.4, -0.2) is 17.6 Å². The molecule has 1 unspecified atom stereocenters. The molecular formula is C21H22ClNO2. The molecule has 1 atom stereocenters. The Balaban J connectivity index is 2.07. The zero-order valence-corrected chi connectivity index (χ0v) is 15.5. The summed E-state index contributed by atoms with van der Waals surface area (Å²) in [6.07, 6.45) is 1.06. The molecule has 0 saturated heterocycles. The van der Waals surface area contributed by atoms with Crippen LogP contribution < -0.4 is 0 Å². The summed E-state index contributed by atoms with van der Waals surface area (Å²) in [5.41, 5.74) is 4.08. The van der Waals surface area contributed by atoms with Crippen LogP contribution in [0.4, 0.5) is 0 Å². The lowest BCUT2D eigenvalue weighted by Crippen LogP contribution is -2.08. The summed E-state index contributed by atoms with van der Waals surface area (Å²) in [7, 11) is 1.40. The fourth-order valence-electron chi connectivity index (χ4n) is 3.15. The van der Waals surface area contributed by atoms with E-state index in [9.17, 15) is 4.79 Å². The topological polar surface area (TPSA) is 31.2 Å². The Hall–Kier alpha value is -2.26. The molecule has 25 heavy (non-hydrogen) atoms. The maximum atomic E-state index is 11.8. The SMILES string of the molecule is CCC(C)c1cc2cc(Cl)ccc2n1Cc1cccc(C(=O)OC)c1. The van der Waals surface area contributed by atoms with E-state index in [-0.39, 0.29) is 5.97 Å². The number of ether oxygens (including phenoxy) is 1. The van der Waals surface area contributed by atoms with Gasteiger partial charge < -0.3 is 9.30 Å². The van der Waals surface area contributed by atoms with Gasteiger partial charge in [-0.2, -0.15) is 0 Å². The van der Waals surface area contributed by atoms with E-state index in [1.165, 1.54) is 12.8 Å². The summed E-state index contributed by atoms with van der Waals surface area (Å²) in [4.78, 5) is 11.8. The largest absolute Gasteiger partial charge is 0.465 e. The molecule has 1 aromatic heterocycles. The van der Waals surface area contributed by atoms with Gasteiger partial charge in [0.25, 0.3) is 0 Å². The number of benzene rings is 2. The normalized spacial score (nSPS) is 12.3. The third-order valence-corrected chi connectivity index (χ3v) is 4.94. The highest BCUT2D eigenvalue weighted by molar-refractivity contribution is 6.31. The molecule has 3 nitrogen and oxygen atoms in total. The second-order valence-electron chi connectivity index (χ2n) is 6.36.